The van der Waals surface area contributed by atoms with Crippen LogP contribution >= 0.6 is 12.0 Å². The average molecular weight is 523 g/mol. The molecule has 5 nitrogen and oxygen atoms in total. The van der Waals surface area contributed by atoms with Crippen LogP contribution in [0.1, 0.15) is 38.5 Å². The van der Waals surface area contributed by atoms with E-state index in [-0.39, 0.29) is 17.8 Å². The van der Waals surface area contributed by atoms with E-state index in [0.717, 1.165) is 19.3 Å². The molecule has 4 saturated carbocycles. The van der Waals surface area contributed by atoms with Gasteiger partial charge in [-0.1, -0.05) is 0 Å². The Morgan fingerprint density at radius 1 is 0.818 bits per heavy atom. The fourth-order valence-electron chi connectivity index (χ4n) is 5.63. The molecule has 4 bridgehead atoms. The van der Waals surface area contributed by atoms with Crippen molar-refractivity contribution in [2.24, 2.45) is 23.2 Å². The second-order valence-electron chi connectivity index (χ2n) is 9.03. The zero-order chi connectivity index (χ0) is 25.1. The van der Waals surface area contributed by atoms with E-state index >= 15 is 0 Å². The van der Waals surface area contributed by atoms with Crippen LogP contribution in [0.15, 0.2) is 0 Å². The maximum atomic E-state index is 14.9. The molecule has 0 spiro atoms. The summed E-state index contributed by atoms with van der Waals surface area (Å²) in [7, 11) is 0. The van der Waals surface area contributed by atoms with E-state index in [2.05, 4.69) is 14.1 Å². The number of ether oxygens (including phenoxy) is 1. The first-order valence-corrected chi connectivity index (χ1v) is 10.4. The Morgan fingerprint density at radius 2 is 1.27 bits per heavy atom. The lowest BCUT2D eigenvalue weighted by atomic mass is 9.50. The van der Waals surface area contributed by atoms with Crippen molar-refractivity contribution in [1.29, 1.82) is 0 Å². The first kappa shape index (κ1) is 26.6. The molecule has 0 saturated heterocycles. The Labute approximate surface area is 184 Å². The van der Waals surface area contributed by atoms with Gasteiger partial charge in [0.05, 0.1) is 18.6 Å². The van der Waals surface area contributed by atoms with Gasteiger partial charge in [-0.25, -0.2) is 9.18 Å². The Bertz CT molecular complexity index is 726. The minimum Gasteiger partial charge on any atom is -0.691 e. The summed E-state index contributed by atoms with van der Waals surface area (Å²) in [5.74, 6) is -24.3. The second-order valence-corrected chi connectivity index (χ2v) is 9.89. The number of alkyl halides is 10. The SMILES string of the molecule is O=C(OCC12CC3CC(CC(C3)C1)C2)C(F)(SOO[O-])C(F)(F)C(F)(F)C(F)(F)C(F)(F)F. The van der Waals surface area contributed by atoms with Gasteiger partial charge in [0.1, 0.15) is 0 Å². The van der Waals surface area contributed by atoms with Crippen molar-refractivity contribution in [3.8, 4) is 0 Å². The maximum absolute atomic E-state index is 14.9. The van der Waals surface area contributed by atoms with E-state index < -0.39 is 59.0 Å². The maximum Gasteiger partial charge on any atom is 0.460 e. The van der Waals surface area contributed by atoms with Crippen molar-refractivity contribution >= 4 is 18.0 Å². The van der Waals surface area contributed by atoms with Crippen LogP contribution in [0.5, 0.6) is 0 Å². The lowest BCUT2D eigenvalue weighted by Crippen LogP contribution is -2.68. The van der Waals surface area contributed by atoms with Crippen molar-refractivity contribution in [2.75, 3.05) is 6.61 Å². The highest BCUT2D eigenvalue weighted by molar-refractivity contribution is 7.96. The number of carbonyl (C=O) groups excluding carboxylic acids is 1. The summed E-state index contributed by atoms with van der Waals surface area (Å²) in [6.45, 7) is -0.753. The topological polar surface area (TPSA) is 67.8 Å². The summed E-state index contributed by atoms with van der Waals surface area (Å²) in [4.78, 5) is 12.1. The number of esters is 1. The summed E-state index contributed by atoms with van der Waals surface area (Å²) < 4.78 is 142. The van der Waals surface area contributed by atoms with Gasteiger partial charge in [0, 0.05) is 5.41 Å². The van der Waals surface area contributed by atoms with Gasteiger partial charge >= 0.3 is 34.9 Å². The molecule has 0 radical (unpaired) electrons. The zero-order valence-corrected chi connectivity index (χ0v) is 17.2. The fourth-order valence-corrected chi connectivity index (χ4v) is 6.11. The lowest BCUT2D eigenvalue weighted by Gasteiger charge is -2.56. The molecule has 192 valence electrons. The van der Waals surface area contributed by atoms with Gasteiger partial charge in [-0.05, 0) is 56.3 Å². The number of rotatable bonds is 9. The van der Waals surface area contributed by atoms with Gasteiger partial charge in [-0.2, -0.15) is 43.8 Å². The summed E-state index contributed by atoms with van der Waals surface area (Å²) in [5, 5.41) is 6.70. The largest absolute Gasteiger partial charge is 0.691 e. The van der Waals surface area contributed by atoms with Crippen LogP contribution in [-0.2, 0) is 18.9 Å². The predicted octanol–water partition coefficient (Wildman–Crippen LogP) is 4.75. The van der Waals surface area contributed by atoms with Gasteiger partial charge in [0.2, 0.25) is 0 Å². The molecule has 4 aliphatic carbocycles. The van der Waals surface area contributed by atoms with Crippen molar-refractivity contribution in [1.82, 2.24) is 0 Å². The van der Waals surface area contributed by atoms with Crippen LogP contribution in [0, 0.1) is 23.2 Å². The molecule has 0 aromatic carbocycles. The summed E-state index contributed by atoms with van der Waals surface area (Å²) in [6.07, 6.45) is -3.25. The minimum absolute atomic E-state index is 0.216. The van der Waals surface area contributed by atoms with E-state index in [1.807, 2.05) is 0 Å². The van der Waals surface area contributed by atoms with Gasteiger partial charge in [0.25, 0.3) is 0 Å². The van der Waals surface area contributed by atoms with Gasteiger partial charge < -0.3 is 9.99 Å². The summed E-state index contributed by atoms with van der Waals surface area (Å²) in [5.41, 5.74) is -0.792. The van der Waals surface area contributed by atoms with Crippen LogP contribution < -0.4 is 5.26 Å². The molecular formula is C17H17F10O5S-. The molecule has 33 heavy (non-hydrogen) atoms. The first-order valence-electron chi connectivity index (χ1n) is 9.63. The van der Waals surface area contributed by atoms with Crippen LogP contribution in [0.4, 0.5) is 43.9 Å². The highest BCUT2D eigenvalue weighted by Gasteiger charge is 2.88. The van der Waals surface area contributed by atoms with Crippen LogP contribution in [0.2, 0.25) is 0 Å². The van der Waals surface area contributed by atoms with Crippen molar-refractivity contribution in [2.45, 2.75) is 67.5 Å². The zero-order valence-electron chi connectivity index (χ0n) is 16.4. The van der Waals surface area contributed by atoms with Crippen LogP contribution in [0.25, 0.3) is 0 Å². The van der Waals surface area contributed by atoms with Crippen LogP contribution in [0.3, 0.4) is 0 Å². The lowest BCUT2D eigenvalue weighted by molar-refractivity contribution is -0.777. The standard InChI is InChI=1S/C17H18F10O5S/c18-13(33-32-31-29,14(19,20)15(21,22)16(23,24)17(25,26)27)11(28)30-7-12-4-8-1-9(5-12)3-10(2-8)6-12/h8-10,29H,1-7H2/p-1. The molecule has 0 aromatic rings. The number of carbonyl (C=O) groups is 1. The molecular weight excluding hydrogens is 506 g/mol. The Hall–Kier alpha value is -1.00. The monoisotopic (exact) mass is 523 g/mol. The summed E-state index contributed by atoms with van der Waals surface area (Å²) in [6, 6.07) is 0. The highest BCUT2D eigenvalue weighted by Crippen LogP contribution is 2.62. The first-order chi connectivity index (χ1) is 14.9. The number of halogens is 10. The molecule has 1 unspecified atom stereocenters. The molecule has 4 fully saturated rings. The second kappa shape index (κ2) is 8.29. The molecule has 0 aliphatic heterocycles. The number of hydrogen-bond acceptors (Lipinski definition) is 6. The third kappa shape index (κ3) is 4.18. The van der Waals surface area contributed by atoms with Gasteiger partial charge in [0.15, 0.2) is 0 Å². The Balaban J connectivity index is 1.85. The van der Waals surface area contributed by atoms with E-state index in [0.29, 0.717) is 19.3 Å². The van der Waals surface area contributed by atoms with Crippen molar-refractivity contribution in [3.63, 3.8) is 0 Å². The molecule has 0 heterocycles. The third-order valence-electron chi connectivity index (χ3n) is 6.66. The predicted molar refractivity (Wildman–Crippen MR) is 86.1 cm³/mol. The smallest absolute Gasteiger partial charge is 0.460 e. The quantitative estimate of drug-likeness (QED) is 0.143. The highest BCUT2D eigenvalue weighted by atomic mass is 32.2. The van der Waals surface area contributed by atoms with Gasteiger partial charge in [-0.15, -0.1) is 0 Å². The normalized spacial score (nSPS) is 32.0. The van der Waals surface area contributed by atoms with E-state index in [9.17, 15) is 54.0 Å². The summed E-state index contributed by atoms with van der Waals surface area (Å²) >= 11 is -1.80. The molecule has 16 heteroatoms. The molecule has 4 aliphatic rings. The molecule has 0 amide bonds. The van der Waals surface area contributed by atoms with Gasteiger partial charge in [-0.3, -0.25) is 5.04 Å². The van der Waals surface area contributed by atoms with Crippen molar-refractivity contribution < 1.29 is 68.1 Å². The number of hydrogen-bond donors (Lipinski definition) is 0. The van der Waals surface area contributed by atoms with E-state index in [1.54, 1.807) is 0 Å². The Morgan fingerprint density at radius 3 is 1.67 bits per heavy atom. The average Bonchev–Trinajstić information content (AvgIpc) is 2.67. The molecule has 0 aromatic heterocycles. The van der Waals surface area contributed by atoms with Crippen molar-refractivity contribution in [3.05, 3.63) is 0 Å². The molecule has 1 atom stereocenters. The third-order valence-corrected chi connectivity index (χ3v) is 7.44. The Kier molecular flexibility index (Phi) is 6.69. The minimum atomic E-state index is -7.49. The fraction of sp³-hybridized carbons (Fsp3) is 0.941. The van der Waals surface area contributed by atoms with E-state index in [1.165, 1.54) is 0 Å². The molecule has 4 rings (SSSR count). The van der Waals surface area contributed by atoms with Crippen LogP contribution in [-0.4, -0.2) is 41.5 Å². The molecule has 0 N–H and O–H groups in total. The van der Waals surface area contributed by atoms with E-state index in [4.69, 9.17) is 0 Å².